The minimum absolute atomic E-state index is 0.357. The van der Waals surface area contributed by atoms with E-state index in [0.29, 0.717) is 16.8 Å². The van der Waals surface area contributed by atoms with Crippen LogP contribution in [0.4, 0.5) is 0 Å². The van der Waals surface area contributed by atoms with Gasteiger partial charge in [-0.2, -0.15) is 0 Å². The van der Waals surface area contributed by atoms with Crippen LogP contribution in [0.2, 0.25) is 0 Å². The van der Waals surface area contributed by atoms with E-state index in [9.17, 15) is 9.35 Å². The maximum Gasteiger partial charge on any atom is 0.248 e. The van der Waals surface area contributed by atoms with Crippen LogP contribution in [0.1, 0.15) is 36.7 Å². The SMILES string of the molecule is CC(C)(C)[S@+]([O-])N=Cc1ccccc1-c1noc2cc(C(N)=O)ccc12. The Morgan fingerprint density at radius 2 is 2.00 bits per heavy atom. The summed E-state index contributed by atoms with van der Waals surface area (Å²) >= 11 is -1.35. The highest BCUT2D eigenvalue weighted by Gasteiger charge is 2.26. The van der Waals surface area contributed by atoms with Crippen LogP contribution in [-0.4, -0.2) is 26.6 Å². The zero-order chi connectivity index (χ0) is 18.9. The van der Waals surface area contributed by atoms with Crippen LogP contribution in [0.5, 0.6) is 0 Å². The number of fused-ring (bicyclic) bond motifs is 1. The molecule has 3 aromatic rings. The molecule has 1 amide bonds. The summed E-state index contributed by atoms with van der Waals surface area (Å²) in [7, 11) is 0. The molecule has 0 spiro atoms. The number of nitrogens with zero attached hydrogens (tertiary/aromatic N) is 2. The fourth-order valence-corrected chi connectivity index (χ4v) is 2.90. The fourth-order valence-electron chi connectivity index (χ4n) is 2.37. The summed E-state index contributed by atoms with van der Waals surface area (Å²) < 4.78 is 21.3. The first-order valence-corrected chi connectivity index (χ1v) is 9.13. The molecular formula is C19H19N3O3S. The Kier molecular flexibility index (Phi) is 4.84. The highest BCUT2D eigenvalue weighted by atomic mass is 32.2. The molecule has 0 aliphatic rings. The largest absolute Gasteiger partial charge is 0.591 e. The van der Waals surface area contributed by atoms with Gasteiger partial charge in [-0.1, -0.05) is 33.8 Å². The number of carbonyl (C=O) groups is 1. The lowest BCUT2D eigenvalue weighted by atomic mass is 10.0. The van der Waals surface area contributed by atoms with Gasteiger partial charge < -0.3 is 14.8 Å². The van der Waals surface area contributed by atoms with Crippen molar-refractivity contribution in [2.24, 2.45) is 10.1 Å². The van der Waals surface area contributed by atoms with Gasteiger partial charge in [-0.3, -0.25) is 4.79 Å². The molecule has 0 aliphatic carbocycles. The minimum Gasteiger partial charge on any atom is -0.591 e. The maximum absolute atomic E-state index is 12.2. The second kappa shape index (κ2) is 6.93. The zero-order valence-corrected chi connectivity index (χ0v) is 15.5. The van der Waals surface area contributed by atoms with E-state index in [1.807, 2.05) is 45.0 Å². The normalized spacial score (nSPS) is 13.4. The van der Waals surface area contributed by atoms with Crippen molar-refractivity contribution < 1.29 is 13.9 Å². The van der Waals surface area contributed by atoms with Crippen molar-refractivity contribution in [2.45, 2.75) is 25.5 Å². The number of primary amides is 1. The first-order valence-electron chi connectivity index (χ1n) is 8.02. The summed E-state index contributed by atoms with van der Waals surface area (Å²) in [6, 6.07) is 12.5. The van der Waals surface area contributed by atoms with Crippen molar-refractivity contribution >= 4 is 34.5 Å². The number of hydrogen-bond acceptors (Lipinski definition) is 5. The van der Waals surface area contributed by atoms with E-state index in [0.717, 1.165) is 16.5 Å². The molecule has 0 bridgehead atoms. The molecule has 3 rings (SSSR count). The van der Waals surface area contributed by atoms with Crippen molar-refractivity contribution in [1.82, 2.24) is 5.16 Å². The summed E-state index contributed by atoms with van der Waals surface area (Å²) in [5, 5.41) is 4.90. The van der Waals surface area contributed by atoms with Gasteiger partial charge in [-0.05, 0) is 39.0 Å². The van der Waals surface area contributed by atoms with Crippen LogP contribution < -0.4 is 5.73 Å². The van der Waals surface area contributed by atoms with Crippen molar-refractivity contribution in [2.75, 3.05) is 0 Å². The average Bonchev–Trinajstić information content (AvgIpc) is 3.02. The molecule has 1 aromatic heterocycles. The molecule has 1 heterocycles. The van der Waals surface area contributed by atoms with Gasteiger partial charge in [0.1, 0.15) is 21.8 Å². The summed E-state index contributed by atoms with van der Waals surface area (Å²) in [5.74, 6) is -0.526. The van der Waals surface area contributed by atoms with Crippen molar-refractivity contribution in [1.29, 1.82) is 0 Å². The van der Waals surface area contributed by atoms with E-state index in [-0.39, 0.29) is 0 Å². The number of nitrogens with two attached hydrogens (primary N) is 1. The second-order valence-corrected chi connectivity index (χ2v) is 8.72. The molecule has 0 radical (unpaired) electrons. The summed E-state index contributed by atoms with van der Waals surface area (Å²) in [6.07, 6.45) is 1.59. The van der Waals surface area contributed by atoms with Crippen LogP contribution in [0.25, 0.3) is 22.2 Å². The van der Waals surface area contributed by atoms with Gasteiger partial charge in [0.2, 0.25) is 5.91 Å². The summed E-state index contributed by atoms with van der Waals surface area (Å²) in [6.45, 7) is 5.61. The van der Waals surface area contributed by atoms with Gasteiger partial charge in [0.05, 0.1) is 6.21 Å². The smallest absolute Gasteiger partial charge is 0.248 e. The molecule has 0 saturated heterocycles. The molecule has 26 heavy (non-hydrogen) atoms. The van der Waals surface area contributed by atoms with E-state index >= 15 is 0 Å². The van der Waals surface area contributed by atoms with Crippen LogP contribution in [-0.2, 0) is 11.4 Å². The van der Waals surface area contributed by atoms with Crippen molar-refractivity contribution in [3.8, 4) is 11.3 Å². The second-order valence-electron chi connectivity index (χ2n) is 6.79. The predicted molar refractivity (Wildman–Crippen MR) is 103 cm³/mol. The minimum atomic E-state index is -1.35. The number of benzene rings is 2. The monoisotopic (exact) mass is 369 g/mol. The number of hydrogen-bond donors (Lipinski definition) is 1. The fraction of sp³-hybridized carbons (Fsp3) is 0.211. The lowest BCUT2D eigenvalue weighted by Crippen LogP contribution is -2.25. The average molecular weight is 369 g/mol. The first kappa shape index (κ1) is 18.2. The van der Waals surface area contributed by atoms with Crippen LogP contribution >= 0.6 is 0 Å². The van der Waals surface area contributed by atoms with Crippen molar-refractivity contribution in [3.05, 3.63) is 53.6 Å². The third-order valence-electron chi connectivity index (χ3n) is 3.78. The first-order chi connectivity index (χ1) is 12.3. The topological polar surface area (TPSA) is 105 Å². The maximum atomic E-state index is 12.2. The highest BCUT2D eigenvalue weighted by Crippen LogP contribution is 2.30. The molecule has 0 saturated carbocycles. The number of aromatic nitrogens is 1. The molecule has 7 heteroatoms. The summed E-state index contributed by atoms with van der Waals surface area (Å²) in [5.41, 5.74) is 8.33. The Hall–Kier alpha value is -2.64. The van der Waals surface area contributed by atoms with Crippen molar-refractivity contribution in [3.63, 3.8) is 0 Å². The van der Waals surface area contributed by atoms with Crippen LogP contribution in [0.3, 0.4) is 0 Å². The van der Waals surface area contributed by atoms with E-state index in [4.69, 9.17) is 10.3 Å². The lowest BCUT2D eigenvalue weighted by Gasteiger charge is -2.17. The molecule has 2 aromatic carbocycles. The molecule has 6 nitrogen and oxygen atoms in total. The van der Waals surface area contributed by atoms with E-state index in [1.165, 1.54) is 0 Å². The van der Waals surface area contributed by atoms with Crippen LogP contribution in [0, 0.1) is 0 Å². The zero-order valence-electron chi connectivity index (χ0n) is 14.7. The molecule has 0 aliphatic heterocycles. The van der Waals surface area contributed by atoms with Gasteiger partial charge in [0, 0.05) is 22.1 Å². The van der Waals surface area contributed by atoms with Gasteiger partial charge in [-0.25, -0.2) is 0 Å². The Bertz CT molecular complexity index is 989. The quantitative estimate of drug-likeness (QED) is 0.561. The van der Waals surface area contributed by atoms with Gasteiger partial charge in [-0.15, -0.1) is 0 Å². The molecule has 0 unspecified atom stereocenters. The van der Waals surface area contributed by atoms with E-state index < -0.39 is 22.0 Å². The third-order valence-corrected chi connectivity index (χ3v) is 5.13. The van der Waals surface area contributed by atoms with Crippen LogP contribution in [0.15, 0.2) is 51.4 Å². The predicted octanol–water partition coefficient (Wildman–Crippen LogP) is 3.47. The van der Waals surface area contributed by atoms with E-state index in [2.05, 4.69) is 9.55 Å². The van der Waals surface area contributed by atoms with E-state index in [1.54, 1.807) is 24.4 Å². The molecule has 0 fully saturated rings. The Morgan fingerprint density at radius 1 is 1.27 bits per heavy atom. The Labute approximate surface area is 154 Å². The Morgan fingerprint density at radius 3 is 2.69 bits per heavy atom. The highest BCUT2D eigenvalue weighted by molar-refractivity contribution is 7.91. The number of amides is 1. The van der Waals surface area contributed by atoms with Gasteiger partial charge in [0.25, 0.3) is 0 Å². The molecule has 134 valence electrons. The van der Waals surface area contributed by atoms with Gasteiger partial charge >= 0.3 is 0 Å². The molecule has 2 N–H and O–H groups in total. The Balaban J connectivity index is 2.04. The molecule has 1 atom stereocenters. The summed E-state index contributed by atoms with van der Waals surface area (Å²) in [4.78, 5) is 11.3. The standard InChI is InChI=1S/C19H19N3O3S/c1-19(2,3)26(24)21-11-13-6-4-5-7-14(13)17-15-9-8-12(18(20)23)10-16(15)25-22-17/h4-11H,1-3H3,(H2,20,23)/t26-/m0/s1. The lowest BCUT2D eigenvalue weighted by molar-refractivity contribution is 0.100. The van der Waals surface area contributed by atoms with Gasteiger partial charge in [0.15, 0.2) is 5.58 Å². The molecular weight excluding hydrogens is 350 g/mol. The number of carbonyl (C=O) groups excluding carboxylic acids is 1. The number of rotatable bonds is 4. The third kappa shape index (κ3) is 3.63.